The van der Waals surface area contributed by atoms with Crippen molar-refractivity contribution in [3.63, 3.8) is 0 Å². The third-order valence-corrected chi connectivity index (χ3v) is 4.46. The fourth-order valence-corrected chi connectivity index (χ4v) is 3.20. The molecule has 3 heteroatoms. The molecule has 0 spiro atoms. The predicted molar refractivity (Wildman–Crippen MR) is 82.6 cm³/mol. The maximum Gasteiger partial charge on any atom is 0.138 e. The van der Waals surface area contributed by atoms with Crippen molar-refractivity contribution >= 4 is 26.9 Å². The maximum atomic E-state index is 6.17. The molecular formula is C16H20BrNO. The molecule has 0 amide bonds. The molecule has 0 saturated heterocycles. The van der Waals surface area contributed by atoms with Crippen molar-refractivity contribution in [2.24, 2.45) is 0 Å². The lowest BCUT2D eigenvalue weighted by molar-refractivity contribution is 0.506. The molecule has 102 valence electrons. The smallest absolute Gasteiger partial charge is 0.138 e. The van der Waals surface area contributed by atoms with Crippen molar-refractivity contribution in [1.29, 1.82) is 0 Å². The van der Waals surface area contributed by atoms with Gasteiger partial charge in [-0.1, -0.05) is 28.9 Å². The van der Waals surface area contributed by atoms with Gasteiger partial charge in [0.25, 0.3) is 0 Å². The van der Waals surface area contributed by atoms with Gasteiger partial charge in [0.05, 0.1) is 6.54 Å². The van der Waals surface area contributed by atoms with Gasteiger partial charge in [0, 0.05) is 15.4 Å². The molecule has 0 aliphatic heterocycles. The quantitative estimate of drug-likeness (QED) is 0.794. The summed E-state index contributed by atoms with van der Waals surface area (Å²) in [6.07, 6.45) is 3.76. The first-order valence-electron chi connectivity index (χ1n) is 7.13. The predicted octanol–water partition coefficient (Wildman–Crippen LogP) is 4.88. The fourth-order valence-electron chi connectivity index (χ4n) is 2.68. The van der Waals surface area contributed by atoms with Gasteiger partial charge >= 0.3 is 0 Å². The summed E-state index contributed by atoms with van der Waals surface area (Å²) in [4.78, 5) is 0. The first-order valence-corrected chi connectivity index (χ1v) is 7.92. The first kappa shape index (κ1) is 13.2. The van der Waals surface area contributed by atoms with Gasteiger partial charge in [-0.15, -0.1) is 0 Å². The highest BCUT2D eigenvalue weighted by Crippen LogP contribution is 2.48. The highest BCUT2D eigenvalue weighted by Gasteiger charge is 2.31. The van der Waals surface area contributed by atoms with E-state index in [1.165, 1.54) is 33.8 Å². The van der Waals surface area contributed by atoms with E-state index >= 15 is 0 Å². The summed E-state index contributed by atoms with van der Waals surface area (Å²) in [5.74, 6) is 1.85. The number of rotatable bonds is 5. The van der Waals surface area contributed by atoms with E-state index in [1.54, 1.807) is 0 Å². The molecule has 2 nitrogen and oxygen atoms in total. The summed E-state index contributed by atoms with van der Waals surface area (Å²) in [7, 11) is 0. The van der Waals surface area contributed by atoms with Crippen LogP contribution in [0.3, 0.4) is 0 Å². The largest absolute Gasteiger partial charge is 0.459 e. The molecule has 0 atom stereocenters. The summed E-state index contributed by atoms with van der Waals surface area (Å²) in [5.41, 5.74) is 3.72. The number of benzene rings is 1. The van der Waals surface area contributed by atoms with E-state index in [2.05, 4.69) is 47.2 Å². The van der Waals surface area contributed by atoms with Gasteiger partial charge in [0.1, 0.15) is 11.3 Å². The van der Waals surface area contributed by atoms with Crippen molar-refractivity contribution in [3.8, 4) is 0 Å². The van der Waals surface area contributed by atoms with Crippen molar-refractivity contribution in [3.05, 3.63) is 33.5 Å². The highest BCUT2D eigenvalue weighted by atomic mass is 79.9. The second kappa shape index (κ2) is 5.29. The van der Waals surface area contributed by atoms with Crippen LogP contribution >= 0.6 is 15.9 Å². The molecule has 3 rings (SSSR count). The average Bonchev–Trinajstić information content (AvgIpc) is 3.16. The molecule has 1 aromatic carbocycles. The van der Waals surface area contributed by atoms with E-state index in [1.807, 2.05) is 0 Å². The number of hydrogen-bond donors (Lipinski definition) is 1. The third kappa shape index (κ3) is 2.46. The van der Waals surface area contributed by atoms with Gasteiger partial charge < -0.3 is 9.73 Å². The van der Waals surface area contributed by atoms with E-state index in [4.69, 9.17) is 4.42 Å². The lowest BCUT2D eigenvalue weighted by Gasteiger charge is -2.03. The van der Waals surface area contributed by atoms with Crippen LogP contribution in [0.4, 0.5) is 0 Å². The van der Waals surface area contributed by atoms with Crippen LogP contribution in [0.2, 0.25) is 0 Å². The van der Waals surface area contributed by atoms with Gasteiger partial charge in [-0.3, -0.25) is 0 Å². The second-order valence-corrected chi connectivity index (χ2v) is 6.31. The van der Waals surface area contributed by atoms with Crippen LogP contribution in [0.5, 0.6) is 0 Å². The lowest BCUT2D eigenvalue weighted by atomic mass is 10.0. The number of aryl methyl sites for hydroxylation is 1. The summed E-state index contributed by atoms with van der Waals surface area (Å²) in [6.45, 7) is 6.20. The van der Waals surface area contributed by atoms with E-state index in [-0.39, 0.29) is 0 Å². The zero-order valence-corrected chi connectivity index (χ0v) is 13.1. The SMILES string of the molecule is CCCNCc1oc2c(C)ccc(Br)c2c1C1CC1. The van der Waals surface area contributed by atoms with Crippen LogP contribution in [0, 0.1) is 6.92 Å². The monoisotopic (exact) mass is 321 g/mol. The van der Waals surface area contributed by atoms with Crippen LogP contribution in [0.15, 0.2) is 21.0 Å². The van der Waals surface area contributed by atoms with Crippen LogP contribution in [-0.4, -0.2) is 6.54 Å². The Balaban J connectivity index is 2.08. The Kier molecular flexibility index (Phi) is 3.68. The van der Waals surface area contributed by atoms with Crippen molar-refractivity contribution in [2.45, 2.75) is 45.6 Å². The topological polar surface area (TPSA) is 25.2 Å². The molecule has 1 aromatic heterocycles. The Morgan fingerprint density at radius 2 is 2.16 bits per heavy atom. The van der Waals surface area contributed by atoms with E-state index in [9.17, 15) is 0 Å². The van der Waals surface area contributed by atoms with Crippen LogP contribution in [-0.2, 0) is 6.54 Å². The zero-order valence-electron chi connectivity index (χ0n) is 11.6. The number of furan rings is 1. The van der Waals surface area contributed by atoms with Crippen LogP contribution in [0.1, 0.15) is 49.0 Å². The normalized spacial score (nSPS) is 15.3. The Hall–Kier alpha value is -0.800. The number of hydrogen-bond acceptors (Lipinski definition) is 2. The van der Waals surface area contributed by atoms with Gasteiger partial charge in [0.15, 0.2) is 0 Å². The molecule has 1 aliphatic carbocycles. The molecule has 0 radical (unpaired) electrons. The Bertz CT molecular complexity index is 598. The average molecular weight is 322 g/mol. The number of fused-ring (bicyclic) bond motifs is 1. The molecule has 1 saturated carbocycles. The summed E-state index contributed by atoms with van der Waals surface area (Å²) in [5, 5.41) is 4.77. The zero-order chi connectivity index (χ0) is 13.4. The van der Waals surface area contributed by atoms with E-state index < -0.39 is 0 Å². The molecule has 2 aromatic rings. The van der Waals surface area contributed by atoms with Crippen molar-refractivity contribution in [2.75, 3.05) is 6.54 Å². The van der Waals surface area contributed by atoms with Crippen molar-refractivity contribution in [1.82, 2.24) is 5.32 Å². The fraction of sp³-hybridized carbons (Fsp3) is 0.500. The standard InChI is InChI=1S/C16H20BrNO/c1-3-8-18-9-13-14(11-5-6-11)15-12(17)7-4-10(2)16(15)19-13/h4,7,11,18H,3,5-6,8-9H2,1-2H3. The lowest BCUT2D eigenvalue weighted by Crippen LogP contribution is -2.14. The molecule has 1 aliphatic rings. The summed E-state index contributed by atoms with van der Waals surface area (Å²) < 4.78 is 7.33. The molecule has 1 N–H and O–H groups in total. The maximum absolute atomic E-state index is 6.17. The van der Waals surface area contributed by atoms with Gasteiger partial charge in [-0.25, -0.2) is 0 Å². The summed E-state index contributed by atoms with van der Waals surface area (Å²) in [6, 6.07) is 4.26. The van der Waals surface area contributed by atoms with Gasteiger partial charge in [-0.2, -0.15) is 0 Å². The van der Waals surface area contributed by atoms with Gasteiger partial charge in [-0.05, 0) is 50.3 Å². The first-order chi connectivity index (χ1) is 9.22. The summed E-state index contributed by atoms with van der Waals surface area (Å²) >= 11 is 3.69. The minimum absolute atomic E-state index is 0.706. The Morgan fingerprint density at radius 3 is 2.84 bits per heavy atom. The molecule has 0 bridgehead atoms. The van der Waals surface area contributed by atoms with E-state index in [0.29, 0.717) is 5.92 Å². The molecule has 1 fully saturated rings. The highest BCUT2D eigenvalue weighted by molar-refractivity contribution is 9.10. The minimum atomic E-state index is 0.706. The molecular weight excluding hydrogens is 302 g/mol. The minimum Gasteiger partial charge on any atom is -0.459 e. The van der Waals surface area contributed by atoms with Crippen LogP contribution in [0.25, 0.3) is 11.0 Å². The van der Waals surface area contributed by atoms with Crippen LogP contribution < -0.4 is 5.32 Å². The molecule has 0 unspecified atom stereocenters. The van der Waals surface area contributed by atoms with E-state index in [0.717, 1.165) is 30.9 Å². The third-order valence-electron chi connectivity index (χ3n) is 3.80. The number of halogens is 1. The number of nitrogens with one attached hydrogen (secondary N) is 1. The van der Waals surface area contributed by atoms with Gasteiger partial charge in [0.2, 0.25) is 0 Å². The molecule has 19 heavy (non-hydrogen) atoms. The Morgan fingerprint density at radius 1 is 1.37 bits per heavy atom. The Labute approximate surface area is 122 Å². The molecule has 1 heterocycles. The van der Waals surface area contributed by atoms with Crippen molar-refractivity contribution < 1.29 is 4.42 Å². The second-order valence-electron chi connectivity index (χ2n) is 5.46.